The minimum atomic E-state index is -2.61. The first-order chi connectivity index (χ1) is 7.58. The van der Waals surface area contributed by atoms with Crippen LogP contribution in [0, 0.1) is 0 Å². The summed E-state index contributed by atoms with van der Waals surface area (Å²) in [5.41, 5.74) is 7.05. The number of carbonyl (C=O) groups is 1. The number of esters is 1. The standard InChI is InChI=1S/C11H13F2NO2/c12-10(13)7-16-11(15)6-3-8-1-4-9(14)5-2-8/h1-2,4-5,10H,3,6-7,14H2. The Hall–Kier alpha value is -1.65. The van der Waals surface area contributed by atoms with Crippen molar-refractivity contribution in [2.24, 2.45) is 0 Å². The molecule has 3 nitrogen and oxygen atoms in total. The van der Waals surface area contributed by atoms with E-state index in [1.54, 1.807) is 24.3 Å². The third-order valence-electron chi connectivity index (χ3n) is 1.97. The number of nitrogen functional groups attached to an aromatic ring is 1. The van der Waals surface area contributed by atoms with Gasteiger partial charge >= 0.3 is 5.97 Å². The van der Waals surface area contributed by atoms with E-state index < -0.39 is 19.0 Å². The molecule has 0 aliphatic carbocycles. The van der Waals surface area contributed by atoms with Crippen LogP contribution in [0.5, 0.6) is 0 Å². The van der Waals surface area contributed by atoms with E-state index in [0.29, 0.717) is 12.1 Å². The number of alkyl halides is 2. The van der Waals surface area contributed by atoms with Crippen molar-refractivity contribution in [3.63, 3.8) is 0 Å². The van der Waals surface area contributed by atoms with Crippen LogP contribution in [-0.4, -0.2) is 19.0 Å². The summed E-state index contributed by atoms with van der Waals surface area (Å²) in [7, 11) is 0. The summed E-state index contributed by atoms with van der Waals surface area (Å²) in [6.07, 6.45) is -2.06. The third kappa shape index (κ3) is 4.72. The Labute approximate surface area is 92.2 Å². The monoisotopic (exact) mass is 229 g/mol. The van der Waals surface area contributed by atoms with Crippen LogP contribution in [0.3, 0.4) is 0 Å². The van der Waals surface area contributed by atoms with Gasteiger partial charge in [0.15, 0.2) is 6.61 Å². The van der Waals surface area contributed by atoms with Crippen molar-refractivity contribution < 1.29 is 18.3 Å². The smallest absolute Gasteiger partial charge is 0.306 e. The molecule has 0 fully saturated rings. The molecule has 0 bridgehead atoms. The number of nitrogens with two attached hydrogens (primary N) is 1. The fourth-order valence-electron chi connectivity index (χ4n) is 1.16. The third-order valence-corrected chi connectivity index (χ3v) is 1.97. The lowest BCUT2D eigenvalue weighted by molar-refractivity contribution is -0.147. The summed E-state index contributed by atoms with van der Waals surface area (Å²) in [5.74, 6) is -0.614. The second kappa shape index (κ2) is 6.05. The molecule has 0 saturated heterocycles. The molecule has 0 atom stereocenters. The predicted octanol–water partition coefficient (Wildman–Crippen LogP) is 2.01. The Bertz CT molecular complexity index is 338. The SMILES string of the molecule is Nc1ccc(CCC(=O)OCC(F)F)cc1. The van der Waals surface area contributed by atoms with Gasteiger partial charge in [0.05, 0.1) is 0 Å². The van der Waals surface area contributed by atoms with Gasteiger partial charge in [-0.05, 0) is 24.1 Å². The molecule has 2 N–H and O–H groups in total. The largest absolute Gasteiger partial charge is 0.460 e. The maximum atomic E-state index is 11.7. The van der Waals surface area contributed by atoms with Gasteiger partial charge in [0.1, 0.15) is 0 Å². The van der Waals surface area contributed by atoms with Crippen molar-refractivity contribution in [2.45, 2.75) is 19.3 Å². The molecule has 16 heavy (non-hydrogen) atoms. The average Bonchev–Trinajstić information content (AvgIpc) is 2.25. The van der Waals surface area contributed by atoms with Gasteiger partial charge in [0.2, 0.25) is 0 Å². The van der Waals surface area contributed by atoms with Crippen LogP contribution in [0.2, 0.25) is 0 Å². The molecule has 88 valence electrons. The topological polar surface area (TPSA) is 52.3 Å². The quantitative estimate of drug-likeness (QED) is 0.620. The zero-order chi connectivity index (χ0) is 12.0. The lowest BCUT2D eigenvalue weighted by atomic mass is 10.1. The molecular formula is C11H13F2NO2. The van der Waals surface area contributed by atoms with Crippen LogP contribution in [0.1, 0.15) is 12.0 Å². The van der Waals surface area contributed by atoms with Crippen molar-refractivity contribution in [3.8, 4) is 0 Å². The summed E-state index contributed by atoms with van der Waals surface area (Å²) in [4.78, 5) is 11.0. The molecule has 0 unspecified atom stereocenters. The molecule has 0 amide bonds. The van der Waals surface area contributed by atoms with Gasteiger partial charge in [-0.25, -0.2) is 8.78 Å². The Morgan fingerprint density at radius 2 is 1.94 bits per heavy atom. The van der Waals surface area contributed by atoms with E-state index in [1.807, 2.05) is 0 Å². The number of benzene rings is 1. The molecule has 5 heteroatoms. The second-order valence-corrected chi connectivity index (χ2v) is 3.32. The van der Waals surface area contributed by atoms with Crippen LogP contribution in [0.15, 0.2) is 24.3 Å². The summed E-state index contributed by atoms with van der Waals surface area (Å²) in [6.45, 7) is -0.833. The number of halogens is 2. The molecule has 0 saturated carbocycles. The van der Waals surface area contributed by atoms with Gasteiger partial charge < -0.3 is 10.5 Å². The Kier molecular flexibility index (Phi) is 4.69. The van der Waals surface area contributed by atoms with Gasteiger partial charge in [-0.3, -0.25) is 4.79 Å². The molecule has 1 aromatic rings. The summed E-state index contributed by atoms with van der Waals surface area (Å²) >= 11 is 0. The molecule has 0 spiro atoms. The van der Waals surface area contributed by atoms with Crippen LogP contribution in [0.4, 0.5) is 14.5 Å². The van der Waals surface area contributed by atoms with Gasteiger partial charge in [-0.2, -0.15) is 0 Å². The van der Waals surface area contributed by atoms with E-state index >= 15 is 0 Å². The molecule has 0 radical (unpaired) electrons. The van der Waals surface area contributed by atoms with Crippen molar-refractivity contribution in [1.29, 1.82) is 0 Å². The van der Waals surface area contributed by atoms with Gasteiger partial charge in [0.25, 0.3) is 6.43 Å². The van der Waals surface area contributed by atoms with Gasteiger partial charge in [0, 0.05) is 12.1 Å². The van der Waals surface area contributed by atoms with Crippen molar-refractivity contribution in [2.75, 3.05) is 12.3 Å². The number of rotatable bonds is 5. The zero-order valence-electron chi connectivity index (χ0n) is 8.66. The molecule has 1 rings (SSSR count). The van der Waals surface area contributed by atoms with Crippen molar-refractivity contribution in [1.82, 2.24) is 0 Å². The number of carbonyl (C=O) groups excluding carboxylic acids is 1. The fourth-order valence-corrected chi connectivity index (χ4v) is 1.16. The Balaban J connectivity index is 2.29. The van der Waals surface area contributed by atoms with Crippen LogP contribution >= 0.6 is 0 Å². The van der Waals surface area contributed by atoms with Gasteiger partial charge in [-0.15, -0.1) is 0 Å². The molecule has 0 aromatic heterocycles. The molecule has 0 aliphatic rings. The van der Waals surface area contributed by atoms with E-state index in [2.05, 4.69) is 4.74 Å². The first-order valence-electron chi connectivity index (χ1n) is 4.86. The number of aryl methyl sites for hydroxylation is 1. The zero-order valence-corrected chi connectivity index (χ0v) is 8.66. The normalized spacial score (nSPS) is 10.4. The first-order valence-corrected chi connectivity index (χ1v) is 4.86. The minimum absolute atomic E-state index is 0.0939. The highest BCUT2D eigenvalue weighted by molar-refractivity contribution is 5.69. The highest BCUT2D eigenvalue weighted by atomic mass is 19.3. The molecule has 0 heterocycles. The first kappa shape index (κ1) is 12.4. The molecular weight excluding hydrogens is 216 g/mol. The van der Waals surface area contributed by atoms with Crippen LogP contribution in [-0.2, 0) is 16.0 Å². The minimum Gasteiger partial charge on any atom is -0.460 e. The van der Waals surface area contributed by atoms with E-state index in [1.165, 1.54) is 0 Å². The van der Waals surface area contributed by atoms with E-state index in [9.17, 15) is 13.6 Å². The lowest BCUT2D eigenvalue weighted by Gasteiger charge is -2.04. The average molecular weight is 229 g/mol. The fraction of sp³-hybridized carbons (Fsp3) is 0.364. The highest BCUT2D eigenvalue weighted by Crippen LogP contribution is 2.08. The molecule has 0 aliphatic heterocycles. The second-order valence-electron chi connectivity index (χ2n) is 3.32. The number of anilines is 1. The van der Waals surface area contributed by atoms with Crippen LogP contribution in [0.25, 0.3) is 0 Å². The summed E-state index contributed by atoms with van der Waals surface area (Å²) in [6, 6.07) is 7.02. The van der Waals surface area contributed by atoms with Crippen LogP contribution < -0.4 is 5.73 Å². The number of ether oxygens (including phenoxy) is 1. The predicted molar refractivity (Wildman–Crippen MR) is 56.1 cm³/mol. The number of hydrogen-bond donors (Lipinski definition) is 1. The van der Waals surface area contributed by atoms with Gasteiger partial charge in [-0.1, -0.05) is 12.1 Å². The summed E-state index contributed by atoms with van der Waals surface area (Å²) in [5, 5.41) is 0. The highest BCUT2D eigenvalue weighted by Gasteiger charge is 2.08. The maximum Gasteiger partial charge on any atom is 0.306 e. The van der Waals surface area contributed by atoms with Crippen molar-refractivity contribution in [3.05, 3.63) is 29.8 Å². The maximum absolute atomic E-state index is 11.7. The molecule has 1 aromatic carbocycles. The number of hydrogen-bond acceptors (Lipinski definition) is 3. The van der Waals surface area contributed by atoms with Crippen molar-refractivity contribution >= 4 is 11.7 Å². The lowest BCUT2D eigenvalue weighted by Crippen LogP contribution is -2.11. The Morgan fingerprint density at radius 1 is 1.31 bits per heavy atom. The van der Waals surface area contributed by atoms with E-state index in [-0.39, 0.29) is 6.42 Å². The van der Waals surface area contributed by atoms with E-state index in [0.717, 1.165) is 5.56 Å². The Morgan fingerprint density at radius 3 is 2.50 bits per heavy atom. The summed E-state index contributed by atoms with van der Waals surface area (Å²) < 4.78 is 27.8. The van der Waals surface area contributed by atoms with E-state index in [4.69, 9.17) is 5.73 Å².